The van der Waals surface area contributed by atoms with E-state index in [1.54, 1.807) is 30.0 Å². The van der Waals surface area contributed by atoms with Crippen LogP contribution < -0.4 is 9.64 Å². The average Bonchev–Trinajstić information content (AvgIpc) is 3.24. The molecule has 0 aliphatic heterocycles. The topological polar surface area (TPSA) is 55.3 Å². The lowest BCUT2D eigenvalue weighted by Gasteiger charge is -2.19. The monoisotopic (exact) mass is 435 g/mol. The van der Waals surface area contributed by atoms with Crippen LogP contribution in [0.2, 0.25) is 0 Å². The van der Waals surface area contributed by atoms with E-state index in [9.17, 15) is 4.79 Å². The molecule has 2 aromatic heterocycles. The smallest absolute Gasteiger partial charge is 0.260 e. The first-order chi connectivity index (χ1) is 14.6. The molecule has 2 aromatic carbocycles. The maximum atomic E-state index is 13.5. The number of anilines is 1. The van der Waals surface area contributed by atoms with Crippen LogP contribution in [0.15, 0.2) is 65.7 Å². The molecule has 4 aromatic rings. The van der Waals surface area contributed by atoms with E-state index in [1.807, 2.05) is 67.8 Å². The fraction of sp³-hybridized carbons (Fsp3) is 0.174. The van der Waals surface area contributed by atoms with Crippen LogP contribution in [-0.2, 0) is 6.54 Å². The summed E-state index contributed by atoms with van der Waals surface area (Å²) in [6.45, 7) is 2.38. The largest absolute Gasteiger partial charge is 0.494 e. The second kappa shape index (κ2) is 8.85. The van der Waals surface area contributed by atoms with E-state index < -0.39 is 0 Å². The van der Waals surface area contributed by atoms with Crippen LogP contribution in [0.3, 0.4) is 0 Å². The maximum Gasteiger partial charge on any atom is 0.260 e. The van der Waals surface area contributed by atoms with Gasteiger partial charge in [0.05, 0.1) is 24.0 Å². The molecule has 0 aliphatic rings. The normalized spacial score (nSPS) is 10.9. The molecule has 0 atom stereocenters. The van der Waals surface area contributed by atoms with Crippen LogP contribution >= 0.6 is 23.1 Å². The molecule has 0 spiro atoms. The molecule has 0 saturated heterocycles. The highest BCUT2D eigenvalue weighted by Crippen LogP contribution is 2.37. The third kappa shape index (κ3) is 4.04. The van der Waals surface area contributed by atoms with Crippen LogP contribution in [0, 0.1) is 6.92 Å². The summed E-state index contributed by atoms with van der Waals surface area (Å²) in [4.78, 5) is 25.5. The van der Waals surface area contributed by atoms with E-state index in [4.69, 9.17) is 9.72 Å². The molecule has 0 unspecified atom stereocenters. The van der Waals surface area contributed by atoms with Gasteiger partial charge >= 0.3 is 0 Å². The molecule has 4 rings (SSSR count). The molecule has 0 fully saturated rings. The second-order valence-corrected chi connectivity index (χ2v) is 8.56. The minimum atomic E-state index is -0.107. The SMILES string of the molecule is COc1ccc(C)c2sc(N(Cc3ccccn3)C(=O)c3ccc(SC)cc3)nc12. The van der Waals surface area contributed by atoms with E-state index >= 15 is 0 Å². The fourth-order valence-corrected chi connectivity index (χ4v) is 4.61. The molecule has 0 saturated carbocycles. The number of carbonyl (C=O) groups excluding carboxylic acids is 1. The van der Waals surface area contributed by atoms with Gasteiger partial charge in [0.15, 0.2) is 5.13 Å². The standard InChI is InChI=1S/C23H21N3O2S2/c1-15-7-12-19(28-2)20-21(15)30-23(25-20)26(14-17-6-4-5-13-24-17)22(27)16-8-10-18(29-3)11-9-16/h4-13H,14H2,1-3H3. The second-order valence-electron chi connectivity index (χ2n) is 6.70. The third-order valence-corrected chi connectivity index (χ3v) is 6.73. The van der Waals surface area contributed by atoms with Crippen LogP contribution in [-0.4, -0.2) is 29.2 Å². The van der Waals surface area contributed by atoms with Crippen molar-refractivity contribution in [2.24, 2.45) is 0 Å². The lowest BCUT2D eigenvalue weighted by molar-refractivity contribution is 0.0984. The van der Waals surface area contributed by atoms with Gasteiger partial charge in [-0.2, -0.15) is 0 Å². The molecular formula is C23H21N3O2S2. The van der Waals surface area contributed by atoms with Gasteiger partial charge in [0.25, 0.3) is 5.91 Å². The number of hydrogen-bond acceptors (Lipinski definition) is 6. The zero-order chi connectivity index (χ0) is 21.1. The molecule has 30 heavy (non-hydrogen) atoms. The van der Waals surface area contributed by atoms with Crippen LogP contribution in [0.25, 0.3) is 10.2 Å². The van der Waals surface area contributed by atoms with Gasteiger partial charge in [0.1, 0.15) is 11.3 Å². The number of ether oxygens (including phenoxy) is 1. The highest BCUT2D eigenvalue weighted by Gasteiger charge is 2.23. The van der Waals surface area contributed by atoms with Crippen molar-refractivity contribution in [3.05, 3.63) is 77.6 Å². The highest BCUT2D eigenvalue weighted by molar-refractivity contribution is 7.98. The molecule has 7 heteroatoms. The zero-order valence-electron chi connectivity index (χ0n) is 17.0. The van der Waals surface area contributed by atoms with Crippen molar-refractivity contribution >= 4 is 44.4 Å². The molecule has 152 valence electrons. The number of methoxy groups -OCH3 is 1. The Bertz CT molecular complexity index is 1170. The van der Waals surface area contributed by atoms with Crippen molar-refractivity contribution in [1.82, 2.24) is 9.97 Å². The van der Waals surface area contributed by atoms with E-state index in [0.29, 0.717) is 23.0 Å². The summed E-state index contributed by atoms with van der Waals surface area (Å²) in [5, 5.41) is 0.627. The Kier molecular flexibility index (Phi) is 6.01. The summed E-state index contributed by atoms with van der Waals surface area (Å²) in [5.41, 5.74) is 3.29. The summed E-state index contributed by atoms with van der Waals surface area (Å²) in [6, 6.07) is 17.3. The molecule has 0 aliphatic carbocycles. The average molecular weight is 436 g/mol. The van der Waals surface area contributed by atoms with Crippen LogP contribution in [0.4, 0.5) is 5.13 Å². The van der Waals surface area contributed by atoms with Gasteiger partial charge in [0.2, 0.25) is 0 Å². The van der Waals surface area contributed by atoms with Gasteiger partial charge in [0, 0.05) is 16.7 Å². The number of rotatable bonds is 6. The molecule has 0 N–H and O–H groups in total. The highest BCUT2D eigenvalue weighted by atomic mass is 32.2. The number of carbonyl (C=O) groups is 1. The lowest BCUT2D eigenvalue weighted by atomic mass is 10.2. The van der Waals surface area contributed by atoms with Gasteiger partial charge in [-0.3, -0.25) is 14.7 Å². The number of thioether (sulfide) groups is 1. The minimum Gasteiger partial charge on any atom is -0.494 e. The molecule has 1 amide bonds. The van der Waals surface area contributed by atoms with Crippen molar-refractivity contribution in [3.63, 3.8) is 0 Å². The Morgan fingerprint density at radius 3 is 2.60 bits per heavy atom. The van der Waals surface area contributed by atoms with Crippen molar-refractivity contribution < 1.29 is 9.53 Å². The molecule has 5 nitrogen and oxygen atoms in total. The number of aromatic nitrogens is 2. The van der Waals surface area contributed by atoms with Crippen LogP contribution in [0.1, 0.15) is 21.6 Å². The molecule has 2 heterocycles. The van der Waals surface area contributed by atoms with E-state index in [0.717, 1.165) is 26.4 Å². The first-order valence-corrected chi connectivity index (χ1v) is 11.4. The fourth-order valence-electron chi connectivity index (χ4n) is 3.15. The Morgan fingerprint density at radius 2 is 1.93 bits per heavy atom. The summed E-state index contributed by atoms with van der Waals surface area (Å²) in [7, 11) is 1.63. The zero-order valence-corrected chi connectivity index (χ0v) is 18.6. The Morgan fingerprint density at radius 1 is 1.13 bits per heavy atom. The molecule has 0 radical (unpaired) electrons. The van der Waals surface area contributed by atoms with E-state index in [2.05, 4.69) is 4.98 Å². The summed E-state index contributed by atoms with van der Waals surface area (Å²) in [6.07, 6.45) is 3.75. The summed E-state index contributed by atoms with van der Waals surface area (Å²) < 4.78 is 6.51. The number of aryl methyl sites for hydroxylation is 1. The van der Waals surface area contributed by atoms with Gasteiger partial charge < -0.3 is 4.74 Å². The Hall–Kier alpha value is -2.90. The van der Waals surface area contributed by atoms with Gasteiger partial charge in [-0.15, -0.1) is 11.8 Å². The maximum absolute atomic E-state index is 13.5. The van der Waals surface area contributed by atoms with Crippen molar-refractivity contribution in [3.8, 4) is 5.75 Å². The van der Waals surface area contributed by atoms with Gasteiger partial charge in [-0.05, 0) is 61.2 Å². The van der Waals surface area contributed by atoms with E-state index in [1.165, 1.54) is 11.3 Å². The quantitative estimate of drug-likeness (QED) is 0.370. The summed E-state index contributed by atoms with van der Waals surface area (Å²) >= 11 is 3.14. The number of thiazole rings is 1. The van der Waals surface area contributed by atoms with Gasteiger partial charge in [-0.1, -0.05) is 23.5 Å². The van der Waals surface area contributed by atoms with Crippen molar-refractivity contribution in [1.29, 1.82) is 0 Å². The Balaban J connectivity index is 1.79. The number of hydrogen-bond donors (Lipinski definition) is 0. The van der Waals surface area contributed by atoms with Crippen molar-refractivity contribution in [2.75, 3.05) is 18.3 Å². The van der Waals surface area contributed by atoms with Crippen molar-refractivity contribution in [2.45, 2.75) is 18.4 Å². The van der Waals surface area contributed by atoms with Gasteiger partial charge in [-0.25, -0.2) is 4.98 Å². The van der Waals surface area contributed by atoms with Crippen LogP contribution in [0.5, 0.6) is 5.75 Å². The first-order valence-electron chi connectivity index (χ1n) is 9.40. The summed E-state index contributed by atoms with van der Waals surface area (Å²) in [5.74, 6) is 0.594. The first kappa shape index (κ1) is 20.4. The number of benzene rings is 2. The molecule has 0 bridgehead atoms. The third-order valence-electron chi connectivity index (χ3n) is 4.77. The number of nitrogens with zero attached hydrogens (tertiary/aromatic N) is 3. The molecular weight excluding hydrogens is 414 g/mol. The minimum absolute atomic E-state index is 0.107. The van der Waals surface area contributed by atoms with E-state index in [-0.39, 0.29) is 5.91 Å². The predicted octanol–water partition coefficient (Wildman–Crippen LogP) is 5.58. The number of amides is 1. The number of fused-ring (bicyclic) bond motifs is 1. The lowest BCUT2D eigenvalue weighted by Crippen LogP contribution is -2.30. The predicted molar refractivity (Wildman–Crippen MR) is 124 cm³/mol. The Labute approximate surface area is 183 Å². The number of pyridine rings is 1.